The Balaban J connectivity index is 2.22. The number of amides is 2. The van der Waals surface area contributed by atoms with E-state index in [9.17, 15) is 18.0 Å². The summed E-state index contributed by atoms with van der Waals surface area (Å²) in [5.74, 6) is -0.609. The summed E-state index contributed by atoms with van der Waals surface area (Å²) in [5.41, 5.74) is 0.618. The van der Waals surface area contributed by atoms with Crippen LogP contribution >= 0.6 is 34.8 Å². The second-order valence-corrected chi connectivity index (χ2v) is 12.8. The molecule has 2 aromatic carbocycles. The van der Waals surface area contributed by atoms with Crippen LogP contribution in [0.15, 0.2) is 42.5 Å². The summed E-state index contributed by atoms with van der Waals surface area (Å²) in [6.45, 7) is 7.41. The Morgan fingerprint density at radius 3 is 2.11 bits per heavy atom. The third kappa shape index (κ3) is 9.14. The van der Waals surface area contributed by atoms with Crippen molar-refractivity contribution in [1.82, 2.24) is 10.2 Å². The Labute approximate surface area is 228 Å². The van der Waals surface area contributed by atoms with Crippen LogP contribution in [0.1, 0.15) is 46.1 Å². The van der Waals surface area contributed by atoms with E-state index in [4.69, 9.17) is 34.8 Å². The fourth-order valence-electron chi connectivity index (χ4n) is 3.50. The molecule has 0 heterocycles. The van der Waals surface area contributed by atoms with Crippen LogP contribution in [-0.2, 0) is 26.2 Å². The van der Waals surface area contributed by atoms with Gasteiger partial charge in [0.2, 0.25) is 21.8 Å². The number of carbonyl (C=O) groups excluding carboxylic acids is 2. The molecular weight excluding hydrogens is 545 g/mol. The van der Waals surface area contributed by atoms with Gasteiger partial charge in [0.1, 0.15) is 6.04 Å². The lowest BCUT2D eigenvalue weighted by molar-refractivity contribution is -0.141. The van der Waals surface area contributed by atoms with E-state index in [0.29, 0.717) is 26.3 Å². The van der Waals surface area contributed by atoms with Crippen LogP contribution in [0.5, 0.6) is 0 Å². The minimum absolute atomic E-state index is 0.0258. The summed E-state index contributed by atoms with van der Waals surface area (Å²) in [7, 11) is -3.59. The lowest BCUT2D eigenvalue weighted by atomic mass is 10.1. The lowest BCUT2D eigenvalue weighted by Crippen LogP contribution is -2.52. The third-order valence-corrected chi connectivity index (χ3v) is 7.32. The molecule has 1 N–H and O–H groups in total. The van der Waals surface area contributed by atoms with Crippen molar-refractivity contribution in [2.24, 2.45) is 0 Å². The van der Waals surface area contributed by atoms with Crippen molar-refractivity contribution in [3.63, 3.8) is 0 Å². The predicted molar refractivity (Wildman–Crippen MR) is 147 cm³/mol. The zero-order valence-electron chi connectivity index (χ0n) is 21.0. The average molecular weight is 577 g/mol. The molecule has 0 aliphatic heterocycles. The van der Waals surface area contributed by atoms with E-state index in [1.807, 2.05) is 20.8 Å². The highest BCUT2D eigenvalue weighted by molar-refractivity contribution is 7.92. The molecule has 36 heavy (non-hydrogen) atoms. The monoisotopic (exact) mass is 575 g/mol. The molecule has 0 aromatic heterocycles. The molecular formula is C25H32Cl3N3O4S. The SMILES string of the molecule is C[C@@H](C(=O)NC(C)(C)C)N(Cc1ccc(Cl)cc1Cl)C(=O)CCCN(c1ccc(Cl)cc1)S(C)(=O)=O. The number of hydrogen-bond donors (Lipinski definition) is 1. The smallest absolute Gasteiger partial charge is 0.242 e. The first kappa shape index (κ1) is 30.2. The molecule has 11 heteroatoms. The van der Waals surface area contributed by atoms with Gasteiger partial charge in [0, 0.05) is 40.1 Å². The van der Waals surface area contributed by atoms with Crippen LogP contribution in [-0.4, -0.2) is 49.5 Å². The average Bonchev–Trinajstić information content (AvgIpc) is 2.74. The first-order valence-electron chi connectivity index (χ1n) is 11.4. The van der Waals surface area contributed by atoms with Gasteiger partial charge in [-0.1, -0.05) is 40.9 Å². The predicted octanol–water partition coefficient (Wildman–Crippen LogP) is 5.53. The van der Waals surface area contributed by atoms with E-state index in [2.05, 4.69) is 5.32 Å². The van der Waals surface area contributed by atoms with Crippen LogP contribution in [0.25, 0.3) is 0 Å². The number of halogens is 3. The largest absolute Gasteiger partial charge is 0.350 e. The normalized spacial score (nSPS) is 12.7. The Morgan fingerprint density at radius 2 is 1.58 bits per heavy atom. The Bertz CT molecular complexity index is 1180. The molecule has 2 rings (SSSR count). The molecule has 0 fully saturated rings. The number of benzene rings is 2. The molecule has 7 nitrogen and oxygen atoms in total. The summed E-state index contributed by atoms with van der Waals surface area (Å²) in [4.78, 5) is 27.7. The molecule has 0 aliphatic rings. The second kappa shape index (κ2) is 12.5. The van der Waals surface area contributed by atoms with Crippen LogP contribution in [0, 0.1) is 0 Å². The number of rotatable bonds is 10. The van der Waals surface area contributed by atoms with E-state index in [1.54, 1.807) is 49.4 Å². The fourth-order valence-corrected chi connectivity index (χ4v) is 5.06. The van der Waals surface area contributed by atoms with Gasteiger partial charge in [0.25, 0.3) is 0 Å². The maximum atomic E-state index is 13.3. The number of nitrogens with zero attached hydrogens (tertiary/aromatic N) is 2. The van der Waals surface area contributed by atoms with Crippen molar-refractivity contribution in [1.29, 1.82) is 0 Å². The zero-order chi connectivity index (χ0) is 27.3. The van der Waals surface area contributed by atoms with Gasteiger partial charge < -0.3 is 10.2 Å². The van der Waals surface area contributed by atoms with Gasteiger partial charge >= 0.3 is 0 Å². The summed E-state index contributed by atoms with van der Waals surface area (Å²) in [6.07, 6.45) is 1.38. The maximum absolute atomic E-state index is 13.3. The van der Waals surface area contributed by atoms with Gasteiger partial charge in [-0.15, -0.1) is 0 Å². The van der Waals surface area contributed by atoms with E-state index < -0.39 is 21.6 Å². The molecule has 2 amide bonds. The lowest BCUT2D eigenvalue weighted by Gasteiger charge is -2.32. The van der Waals surface area contributed by atoms with Crippen LogP contribution in [0.4, 0.5) is 5.69 Å². The quantitative estimate of drug-likeness (QED) is 0.403. The van der Waals surface area contributed by atoms with E-state index >= 15 is 0 Å². The Hall–Kier alpha value is -2.00. The van der Waals surface area contributed by atoms with Crippen molar-refractivity contribution in [3.05, 3.63) is 63.1 Å². The van der Waals surface area contributed by atoms with E-state index in [-0.39, 0.29) is 37.7 Å². The number of nitrogens with one attached hydrogen (secondary N) is 1. The van der Waals surface area contributed by atoms with Crippen molar-refractivity contribution < 1.29 is 18.0 Å². The molecule has 0 bridgehead atoms. The summed E-state index contributed by atoms with van der Waals surface area (Å²) >= 11 is 18.3. The topological polar surface area (TPSA) is 86.8 Å². The second-order valence-electron chi connectivity index (χ2n) is 9.59. The van der Waals surface area contributed by atoms with E-state index in [1.165, 1.54) is 9.21 Å². The van der Waals surface area contributed by atoms with E-state index in [0.717, 1.165) is 6.26 Å². The first-order valence-corrected chi connectivity index (χ1v) is 14.4. The first-order chi connectivity index (χ1) is 16.6. The van der Waals surface area contributed by atoms with Crippen molar-refractivity contribution in [2.75, 3.05) is 17.1 Å². The van der Waals surface area contributed by atoms with Gasteiger partial charge in [0.15, 0.2) is 0 Å². The minimum atomic E-state index is -3.59. The molecule has 0 saturated heterocycles. The summed E-state index contributed by atoms with van der Waals surface area (Å²) < 4.78 is 26.0. The van der Waals surface area contributed by atoms with Gasteiger partial charge in [-0.2, -0.15) is 0 Å². The van der Waals surface area contributed by atoms with Crippen LogP contribution in [0.2, 0.25) is 15.1 Å². The number of sulfonamides is 1. The molecule has 2 aromatic rings. The standard InChI is InChI=1S/C25H32Cl3N3O4S/c1-17(24(33)29-25(2,3)4)30(16-18-8-9-20(27)15-22(18)28)23(32)7-6-14-31(36(5,34)35)21-12-10-19(26)11-13-21/h8-13,15,17H,6-7,14,16H2,1-5H3,(H,29,33)/t17-/m0/s1. The van der Waals surface area contributed by atoms with Crippen molar-refractivity contribution in [2.45, 2.75) is 58.7 Å². The molecule has 1 atom stereocenters. The van der Waals surface area contributed by atoms with Crippen LogP contribution < -0.4 is 9.62 Å². The van der Waals surface area contributed by atoms with Gasteiger partial charge in [-0.3, -0.25) is 13.9 Å². The highest BCUT2D eigenvalue weighted by Crippen LogP contribution is 2.25. The summed E-state index contributed by atoms with van der Waals surface area (Å²) in [5, 5.41) is 4.23. The number of carbonyl (C=O) groups is 2. The molecule has 0 saturated carbocycles. The molecule has 0 spiro atoms. The van der Waals surface area contributed by atoms with Crippen molar-refractivity contribution in [3.8, 4) is 0 Å². The molecule has 0 aliphatic carbocycles. The Morgan fingerprint density at radius 1 is 1.00 bits per heavy atom. The van der Waals surface area contributed by atoms with Gasteiger partial charge in [0.05, 0.1) is 11.9 Å². The highest BCUT2D eigenvalue weighted by Gasteiger charge is 2.29. The molecule has 0 unspecified atom stereocenters. The third-order valence-electron chi connectivity index (χ3n) is 5.29. The van der Waals surface area contributed by atoms with Crippen LogP contribution in [0.3, 0.4) is 0 Å². The maximum Gasteiger partial charge on any atom is 0.242 e. The highest BCUT2D eigenvalue weighted by atomic mass is 35.5. The van der Waals surface area contributed by atoms with Crippen molar-refractivity contribution >= 4 is 62.3 Å². The zero-order valence-corrected chi connectivity index (χ0v) is 24.1. The fraction of sp³-hybridized carbons (Fsp3) is 0.440. The van der Waals surface area contributed by atoms with Gasteiger partial charge in [-0.05, 0) is 76.1 Å². The minimum Gasteiger partial charge on any atom is -0.350 e. The molecule has 198 valence electrons. The summed E-state index contributed by atoms with van der Waals surface area (Å²) in [6, 6.07) is 10.6. The molecule has 0 radical (unpaired) electrons. The number of anilines is 1. The number of hydrogen-bond acceptors (Lipinski definition) is 4. The Kier molecular flexibility index (Phi) is 10.5. The van der Waals surface area contributed by atoms with Gasteiger partial charge in [-0.25, -0.2) is 8.42 Å².